The predicted molar refractivity (Wildman–Crippen MR) is 83.6 cm³/mol. The summed E-state index contributed by atoms with van der Waals surface area (Å²) < 4.78 is 11.7. The molecule has 7 nitrogen and oxygen atoms in total. The maximum Gasteiger partial charge on any atom is 0.311 e. The summed E-state index contributed by atoms with van der Waals surface area (Å²) in [5, 5.41) is 4.31. The van der Waals surface area contributed by atoms with Crippen LogP contribution in [-0.2, 0) is 25.6 Å². The molecule has 1 fully saturated rings. The van der Waals surface area contributed by atoms with E-state index in [-0.39, 0.29) is 29.9 Å². The van der Waals surface area contributed by atoms with E-state index >= 15 is 0 Å². The molecular weight excluding hydrogens is 298 g/mol. The molecule has 1 aliphatic heterocycles. The minimum atomic E-state index is -0.508. The summed E-state index contributed by atoms with van der Waals surface area (Å²) in [6, 6.07) is -0.355. The molecule has 0 aliphatic carbocycles. The molecule has 7 heteroatoms. The van der Waals surface area contributed by atoms with Crippen molar-refractivity contribution in [3.8, 4) is 0 Å². The zero-order valence-electron chi connectivity index (χ0n) is 14.4. The third-order valence-electron chi connectivity index (χ3n) is 4.07. The van der Waals surface area contributed by atoms with Gasteiger partial charge in [0.25, 0.3) is 0 Å². The van der Waals surface area contributed by atoms with Crippen molar-refractivity contribution >= 4 is 11.9 Å². The second-order valence-corrected chi connectivity index (χ2v) is 6.74. The van der Waals surface area contributed by atoms with E-state index in [2.05, 4.69) is 5.10 Å². The molecule has 2 atom stereocenters. The van der Waals surface area contributed by atoms with Crippen molar-refractivity contribution in [2.45, 2.75) is 45.3 Å². The summed E-state index contributed by atoms with van der Waals surface area (Å²) in [7, 11) is 2.99. The third-order valence-corrected chi connectivity index (χ3v) is 4.07. The molecule has 2 rings (SSSR count). The van der Waals surface area contributed by atoms with Gasteiger partial charge in [0.15, 0.2) is 0 Å². The van der Waals surface area contributed by atoms with Crippen LogP contribution in [0.5, 0.6) is 0 Å². The van der Waals surface area contributed by atoms with Gasteiger partial charge in [-0.1, -0.05) is 0 Å². The van der Waals surface area contributed by atoms with Gasteiger partial charge in [-0.25, -0.2) is 0 Å². The smallest absolute Gasteiger partial charge is 0.311 e. The summed E-state index contributed by atoms with van der Waals surface area (Å²) >= 11 is 0. The van der Waals surface area contributed by atoms with Crippen molar-refractivity contribution in [3.63, 3.8) is 0 Å². The Balaban J connectivity index is 2.36. The number of methoxy groups -OCH3 is 2. The Morgan fingerprint density at radius 1 is 1.39 bits per heavy atom. The summed E-state index contributed by atoms with van der Waals surface area (Å²) in [5.41, 5.74) is 0.455. The molecule has 0 unspecified atom stereocenters. The van der Waals surface area contributed by atoms with Crippen molar-refractivity contribution < 1.29 is 19.1 Å². The van der Waals surface area contributed by atoms with Gasteiger partial charge in [0.1, 0.15) is 0 Å². The minimum Gasteiger partial charge on any atom is -0.469 e. The zero-order valence-corrected chi connectivity index (χ0v) is 14.4. The summed E-state index contributed by atoms with van der Waals surface area (Å²) in [6.07, 6.45) is 3.75. The van der Waals surface area contributed by atoms with Gasteiger partial charge in [0.2, 0.25) is 5.91 Å². The molecule has 0 spiro atoms. The lowest BCUT2D eigenvalue weighted by atomic mass is 9.93. The van der Waals surface area contributed by atoms with Crippen LogP contribution < -0.4 is 0 Å². The first-order valence-electron chi connectivity index (χ1n) is 7.71. The Kier molecular flexibility index (Phi) is 5.09. The van der Waals surface area contributed by atoms with Gasteiger partial charge >= 0.3 is 5.97 Å². The van der Waals surface area contributed by atoms with Crippen LogP contribution in [0.2, 0.25) is 0 Å². The molecular formula is C16H25N3O4. The van der Waals surface area contributed by atoms with Crippen LogP contribution in [-0.4, -0.2) is 52.9 Å². The maximum absolute atomic E-state index is 12.5. The lowest BCUT2D eigenvalue weighted by Crippen LogP contribution is -2.44. The van der Waals surface area contributed by atoms with Crippen LogP contribution in [0.1, 0.15) is 38.8 Å². The second-order valence-electron chi connectivity index (χ2n) is 6.74. The number of nitrogens with zero attached hydrogens (tertiary/aromatic N) is 3. The van der Waals surface area contributed by atoms with Gasteiger partial charge in [-0.2, -0.15) is 5.10 Å². The highest BCUT2D eigenvalue weighted by Crippen LogP contribution is 2.42. The first-order valence-corrected chi connectivity index (χ1v) is 7.71. The van der Waals surface area contributed by atoms with E-state index in [9.17, 15) is 9.59 Å². The molecule has 1 aromatic rings. The topological polar surface area (TPSA) is 73.7 Å². The molecule has 0 bridgehead atoms. The predicted octanol–water partition coefficient (Wildman–Crippen LogP) is 1.39. The Morgan fingerprint density at radius 3 is 2.65 bits per heavy atom. The van der Waals surface area contributed by atoms with Crippen molar-refractivity contribution in [2.24, 2.45) is 5.92 Å². The Bertz CT molecular complexity index is 576. The summed E-state index contributed by atoms with van der Waals surface area (Å²) in [4.78, 5) is 26.4. The average Bonchev–Trinajstić information content (AvgIpc) is 3.07. The van der Waals surface area contributed by atoms with Gasteiger partial charge in [0.05, 0.1) is 38.4 Å². The number of carbonyl (C=O) groups is 2. The van der Waals surface area contributed by atoms with Gasteiger partial charge in [-0.3, -0.25) is 14.3 Å². The largest absolute Gasteiger partial charge is 0.469 e. The van der Waals surface area contributed by atoms with E-state index in [1.807, 2.05) is 27.0 Å². The lowest BCUT2D eigenvalue weighted by Gasteiger charge is -2.37. The first-order chi connectivity index (χ1) is 10.8. The maximum atomic E-state index is 12.5. The molecule has 2 heterocycles. The fraction of sp³-hybridized carbons (Fsp3) is 0.688. The van der Waals surface area contributed by atoms with Gasteiger partial charge in [-0.05, 0) is 20.8 Å². The number of ether oxygens (including phenoxy) is 2. The van der Waals surface area contributed by atoms with Crippen molar-refractivity contribution in [1.82, 2.24) is 14.7 Å². The normalized spacial score (nSPS) is 21.8. The molecule has 0 saturated carbocycles. The first kappa shape index (κ1) is 17.5. The van der Waals surface area contributed by atoms with E-state index in [0.717, 1.165) is 5.56 Å². The monoisotopic (exact) mass is 323 g/mol. The lowest BCUT2D eigenvalue weighted by molar-refractivity contribution is -0.146. The van der Waals surface area contributed by atoms with Crippen LogP contribution in [0.25, 0.3) is 0 Å². The van der Waals surface area contributed by atoms with Crippen molar-refractivity contribution in [2.75, 3.05) is 20.8 Å². The van der Waals surface area contributed by atoms with E-state index in [1.54, 1.807) is 22.9 Å². The fourth-order valence-corrected chi connectivity index (χ4v) is 3.11. The van der Waals surface area contributed by atoms with Crippen molar-refractivity contribution in [1.29, 1.82) is 0 Å². The highest BCUT2D eigenvalue weighted by Gasteiger charge is 2.49. The average molecular weight is 323 g/mol. The number of rotatable bonds is 5. The number of aromatic nitrogens is 2. The Hall–Kier alpha value is -1.89. The molecule has 1 aliphatic rings. The number of esters is 1. The fourth-order valence-electron chi connectivity index (χ4n) is 3.11. The van der Waals surface area contributed by atoms with Crippen LogP contribution in [0.4, 0.5) is 0 Å². The highest BCUT2D eigenvalue weighted by molar-refractivity contribution is 5.88. The van der Waals surface area contributed by atoms with Crippen molar-refractivity contribution in [3.05, 3.63) is 18.0 Å². The molecule has 0 N–H and O–H groups in total. The van der Waals surface area contributed by atoms with E-state index in [1.165, 1.54) is 7.11 Å². The molecule has 1 saturated heterocycles. The Morgan fingerprint density at radius 2 is 2.09 bits per heavy atom. The molecule has 0 aromatic carbocycles. The van der Waals surface area contributed by atoms with Gasteiger partial charge < -0.3 is 14.4 Å². The molecule has 0 radical (unpaired) electrons. The molecule has 1 aromatic heterocycles. The molecule has 1 amide bonds. The van der Waals surface area contributed by atoms with Crippen LogP contribution in [0.15, 0.2) is 12.4 Å². The van der Waals surface area contributed by atoms with Crippen LogP contribution in [0, 0.1) is 5.92 Å². The molecule has 128 valence electrons. The minimum absolute atomic E-state index is 0.0393. The second kappa shape index (κ2) is 6.70. The van der Waals surface area contributed by atoms with Gasteiger partial charge in [-0.15, -0.1) is 0 Å². The quantitative estimate of drug-likeness (QED) is 0.766. The van der Waals surface area contributed by atoms with Gasteiger partial charge in [0, 0.05) is 30.8 Å². The number of hydrogen-bond acceptors (Lipinski definition) is 5. The zero-order chi connectivity index (χ0) is 17.2. The number of carbonyl (C=O) groups excluding carboxylic acids is 2. The van der Waals surface area contributed by atoms with E-state index < -0.39 is 5.92 Å². The highest BCUT2D eigenvalue weighted by atomic mass is 16.5. The SMILES string of the molecule is COCCn1cc([C@H]2[C@H](C(=O)OC)CC(=O)N2C(C)(C)C)cn1. The number of hydrogen-bond donors (Lipinski definition) is 0. The molecule has 23 heavy (non-hydrogen) atoms. The summed E-state index contributed by atoms with van der Waals surface area (Å²) in [6.45, 7) is 7.07. The number of amides is 1. The Labute approximate surface area is 136 Å². The number of likely N-dealkylation sites (tertiary alicyclic amines) is 1. The summed E-state index contributed by atoms with van der Waals surface area (Å²) in [5.74, 6) is -0.908. The van der Waals surface area contributed by atoms with E-state index in [0.29, 0.717) is 13.2 Å². The van der Waals surface area contributed by atoms with E-state index in [4.69, 9.17) is 9.47 Å². The third kappa shape index (κ3) is 3.55. The standard InChI is InChI=1S/C16H25N3O4/c1-16(2,3)19-13(20)8-12(15(21)23-5)14(19)11-9-17-18(10-11)6-7-22-4/h9-10,12,14H,6-8H2,1-5H3/t12-,14+/m1/s1. The van der Waals surface area contributed by atoms with Crippen LogP contribution >= 0.6 is 0 Å². The van der Waals surface area contributed by atoms with Crippen LogP contribution in [0.3, 0.4) is 0 Å².